The highest BCUT2D eigenvalue weighted by Crippen LogP contribution is 2.63. The molecule has 0 saturated carbocycles. The van der Waals surface area contributed by atoms with E-state index in [9.17, 15) is 0 Å². The molecule has 13 aromatic rings. The fraction of sp³-hybridized carbons (Fsp3) is 0.0137. The highest BCUT2D eigenvalue weighted by Gasteiger charge is 2.50. The van der Waals surface area contributed by atoms with Crippen molar-refractivity contribution in [1.82, 2.24) is 0 Å². The molecule has 1 aromatic heterocycles. The van der Waals surface area contributed by atoms with E-state index in [1.54, 1.807) is 0 Å². The zero-order valence-corrected chi connectivity index (χ0v) is 41.4. The van der Waals surface area contributed by atoms with Crippen LogP contribution in [-0.2, 0) is 5.41 Å². The molecular weight excluding hydrogens is 921 g/mol. The van der Waals surface area contributed by atoms with Crippen LogP contribution in [-0.4, -0.2) is 0 Å². The van der Waals surface area contributed by atoms with E-state index in [1.807, 2.05) is 0 Å². The number of hydrogen-bond donors (Lipinski definition) is 0. The Morgan fingerprint density at radius 1 is 0.289 bits per heavy atom. The number of nitrogens with zero attached hydrogens (tertiary/aromatic N) is 2. The van der Waals surface area contributed by atoms with E-state index < -0.39 is 5.41 Å². The van der Waals surface area contributed by atoms with Gasteiger partial charge in [-0.1, -0.05) is 206 Å². The first kappa shape index (κ1) is 42.5. The molecule has 76 heavy (non-hydrogen) atoms. The first-order valence-corrected chi connectivity index (χ1v) is 26.2. The van der Waals surface area contributed by atoms with Crippen molar-refractivity contribution in [2.45, 2.75) is 5.41 Å². The second kappa shape index (κ2) is 16.5. The molecule has 1 spiro atoms. The summed E-state index contributed by atoms with van der Waals surface area (Å²) in [6.45, 7) is 0. The molecule has 1 unspecified atom stereocenters. The number of fused-ring (bicyclic) bond motifs is 20. The zero-order valence-electron chi connectivity index (χ0n) is 41.4. The van der Waals surface area contributed by atoms with E-state index in [0.29, 0.717) is 0 Å². The predicted octanol–water partition coefficient (Wildman–Crippen LogP) is 19.9. The molecule has 1 atom stereocenters. The fourth-order valence-corrected chi connectivity index (χ4v) is 13.3. The van der Waals surface area contributed by atoms with Crippen LogP contribution in [0.2, 0.25) is 0 Å². The molecule has 2 aliphatic carbocycles. The van der Waals surface area contributed by atoms with Gasteiger partial charge >= 0.3 is 0 Å². The third-order valence-electron chi connectivity index (χ3n) is 16.4. The van der Waals surface area contributed by atoms with Gasteiger partial charge in [0.1, 0.15) is 11.2 Å². The summed E-state index contributed by atoms with van der Waals surface area (Å²) in [6.07, 6.45) is 0. The first-order chi connectivity index (χ1) is 37.7. The first-order valence-electron chi connectivity index (χ1n) is 26.2. The van der Waals surface area contributed by atoms with Crippen LogP contribution in [0.5, 0.6) is 0 Å². The monoisotopic (exact) mass is 966 g/mol. The molecule has 3 aliphatic rings. The van der Waals surface area contributed by atoms with Crippen LogP contribution in [0.3, 0.4) is 0 Å². The van der Waals surface area contributed by atoms with E-state index in [1.165, 1.54) is 77.9 Å². The molecule has 0 amide bonds. The van der Waals surface area contributed by atoms with Gasteiger partial charge in [0.05, 0.1) is 22.5 Å². The Morgan fingerprint density at radius 3 is 1.50 bits per heavy atom. The van der Waals surface area contributed by atoms with Gasteiger partial charge in [-0.3, -0.25) is 0 Å². The second-order valence-electron chi connectivity index (χ2n) is 20.3. The predicted molar refractivity (Wildman–Crippen MR) is 315 cm³/mol. The zero-order chi connectivity index (χ0) is 49.9. The van der Waals surface area contributed by atoms with Crippen molar-refractivity contribution in [3.05, 3.63) is 301 Å². The summed E-state index contributed by atoms with van der Waals surface area (Å²) < 4.78 is 6.65. The number of furan rings is 1. The van der Waals surface area contributed by atoms with Gasteiger partial charge < -0.3 is 14.2 Å². The van der Waals surface area contributed by atoms with Crippen molar-refractivity contribution in [2.75, 3.05) is 9.80 Å². The van der Waals surface area contributed by atoms with E-state index >= 15 is 0 Å². The number of para-hydroxylation sites is 5. The van der Waals surface area contributed by atoms with Crippen molar-refractivity contribution in [3.63, 3.8) is 0 Å². The molecule has 3 nitrogen and oxygen atoms in total. The van der Waals surface area contributed by atoms with Crippen LogP contribution in [0.15, 0.2) is 283 Å². The van der Waals surface area contributed by atoms with Crippen LogP contribution in [0, 0.1) is 0 Å². The van der Waals surface area contributed by atoms with Crippen LogP contribution in [0.1, 0.15) is 22.3 Å². The molecule has 354 valence electrons. The molecular formula is C73H46N2O. The van der Waals surface area contributed by atoms with Gasteiger partial charge in [-0.15, -0.1) is 0 Å². The summed E-state index contributed by atoms with van der Waals surface area (Å²) in [6, 6.07) is 103. The van der Waals surface area contributed by atoms with E-state index in [-0.39, 0.29) is 0 Å². The number of hydrogen-bond acceptors (Lipinski definition) is 3. The molecule has 2 heterocycles. The standard InChI is InChI=1S/C73H46N2O/c1-3-21-47(22-4-1)51-25-11-17-35-68(51)74(49-39-41-54-57-30-12-18-36-69(57)75(48-23-5-2-6-24-48)70-37-19-13-31-58(70)60(54)43-49)50-40-42-66-61(44-50)53-27-8-7-26-52(53)55-28-9-15-33-64(55)73(66)65-34-16-10-29-56(65)62-46-72-63(45-67(62)73)59-32-14-20-38-71(59)76-72/h1-46H. The average molecular weight is 967 g/mol. The summed E-state index contributed by atoms with van der Waals surface area (Å²) >= 11 is 0. The Balaban J connectivity index is 0.991. The van der Waals surface area contributed by atoms with Gasteiger partial charge in [-0.25, -0.2) is 0 Å². The Hall–Kier alpha value is -9.96. The van der Waals surface area contributed by atoms with E-state index in [2.05, 4.69) is 289 Å². The van der Waals surface area contributed by atoms with Crippen molar-refractivity contribution in [1.29, 1.82) is 0 Å². The lowest BCUT2D eigenvalue weighted by atomic mass is 9.65. The lowest BCUT2D eigenvalue weighted by Gasteiger charge is -2.36. The Kier molecular flexibility index (Phi) is 9.25. The quantitative estimate of drug-likeness (QED) is 0.171. The average Bonchev–Trinajstić information content (AvgIpc) is 4.08. The summed E-state index contributed by atoms with van der Waals surface area (Å²) in [5.41, 5.74) is 27.1. The molecule has 12 aromatic carbocycles. The SMILES string of the molecule is c1ccc(-c2ccccc2N(c2ccc3c(c2)-c2ccccc2N(c2ccccc2)c2ccccc2-3)c2ccc3c(c2)-c2ccccc2-c2ccccc2C32c3ccccc3-c3cc4oc5ccccc5c4cc32)cc1. The number of anilines is 6. The Labute approximate surface area is 441 Å². The molecule has 3 heteroatoms. The van der Waals surface area contributed by atoms with Crippen molar-refractivity contribution < 1.29 is 4.42 Å². The van der Waals surface area contributed by atoms with Gasteiger partial charge in [0.25, 0.3) is 0 Å². The second-order valence-corrected chi connectivity index (χ2v) is 20.3. The molecule has 0 N–H and O–H groups in total. The van der Waals surface area contributed by atoms with Crippen LogP contribution in [0.4, 0.5) is 34.1 Å². The summed E-state index contributed by atoms with van der Waals surface area (Å²) in [5, 5.41) is 2.25. The number of benzene rings is 12. The van der Waals surface area contributed by atoms with E-state index in [0.717, 1.165) is 67.2 Å². The lowest BCUT2D eigenvalue weighted by Crippen LogP contribution is -2.29. The topological polar surface area (TPSA) is 19.6 Å². The van der Waals surface area contributed by atoms with Crippen LogP contribution >= 0.6 is 0 Å². The maximum atomic E-state index is 6.65. The molecule has 1 aliphatic heterocycles. The normalized spacial score (nSPS) is 14.3. The maximum Gasteiger partial charge on any atom is 0.136 e. The van der Waals surface area contributed by atoms with Gasteiger partial charge in [-0.05, 0) is 145 Å². The highest BCUT2D eigenvalue weighted by atomic mass is 16.3. The summed E-state index contributed by atoms with van der Waals surface area (Å²) in [7, 11) is 0. The third-order valence-corrected chi connectivity index (χ3v) is 16.4. The smallest absolute Gasteiger partial charge is 0.136 e. The molecule has 0 radical (unpaired) electrons. The Bertz CT molecular complexity index is 4490. The molecule has 0 fully saturated rings. The molecule has 16 rings (SSSR count). The Morgan fingerprint density at radius 2 is 0.776 bits per heavy atom. The summed E-state index contributed by atoms with van der Waals surface area (Å²) in [5.74, 6) is 0. The van der Waals surface area contributed by atoms with Crippen LogP contribution in [0.25, 0.3) is 88.7 Å². The molecule has 0 saturated heterocycles. The highest BCUT2D eigenvalue weighted by molar-refractivity contribution is 6.10. The fourth-order valence-electron chi connectivity index (χ4n) is 13.3. The van der Waals surface area contributed by atoms with Gasteiger partial charge in [-0.2, -0.15) is 0 Å². The van der Waals surface area contributed by atoms with Crippen molar-refractivity contribution in [3.8, 4) is 66.8 Å². The minimum Gasteiger partial charge on any atom is -0.456 e. The largest absolute Gasteiger partial charge is 0.456 e. The lowest BCUT2D eigenvalue weighted by molar-refractivity contribution is 0.668. The van der Waals surface area contributed by atoms with Crippen LogP contribution < -0.4 is 9.80 Å². The van der Waals surface area contributed by atoms with Gasteiger partial charge in [0.15, 0.2) is 0 Å². The van der Waals surface area contributed by atoms with Gasteiger partial charge in [0, 0.05) is 44.5 Å². The number of rotatable bonds is 5. The third kappa shape index (κ3) is 6.05. The van der Waals surface area contributed by atoms with Crippen molar-refractivity contribution >= 4 is 56.1 Å². The summed E-state index contributed by atoms with van der Waals surface area (Å²) in [4.78, 5) is 4.92. The van der Waals surface area contributed by atoms with E-state index in [4.69, 9.17) is 4.42 Å². The molecule has 0 bridgehead atoms. The van der Waals surface area contributed by atoms with Crippen molar-refractivity contribution in [2.24, 2.45) is 0 Å². The minimum atomic E-state index is -0.680. The minimum absolute atomic E-state index is 0.680. The van der Waals surface area contributed by atoms with Gasteiger partial charge in [0.2, 0.25) is 0 Å². The maximum absolute atomic E-state index is 6.65.